The predicted octanol–water partition coefficient (Wildman–Crippen LogP) is 4.37. The Hall–Kier alpha value is -1.29. The van der Waals surface area contributed by atoms with Gasteiger partial charge in [0.1, 0.15) is 0 Å². The van der Waals surface area contributed by atoms with Crippen LogP contribution in [-0.4, -0.2) is 24.0 Å². The molecule has 3 rings (SSSR count). The van der Waals surface area contributed by atoms with Gasteiger partial charge < -0.3 is 10.4 Å². The second-order valence-electron chi connectivity index (χ2n) is 6.43. The summed E-state index contributed by atoms with van der Waals surface area (Å²) in [5, 5.41) is 13.0. The number of aryl methyl sites for hydroxylation is 2. The molecule has 0 aromatic heterocycles. The monoisotopic (exact) mass is 341 g/mol. The van der Waals surface area contributed by atoms with Crippen molar-refractivity contribution in [2.45, 2.75) is 43.0 Å². The molecule has 1 heterocycles. The van der Waals surface area contributed by atoms with Crippen LogP contribution in [0.2, 0.25) is 0 Å². The van der Waals surface area contributed by atoms with E-state index in [1.165, 1.54) is 40.2 Å². The zero-order valence-corrected chi connectivity index (χ0v) is 15.0. The Morgan fingerprint density at radius 2 is 1.96 bits per heavy atom. The fourth-order valence-corrected chi connectivity index (χ4v) is 4.37. The number of nitrogens with one attached hydrogen (secondary N) is 1. The number of rotatable bonds is 9. The van der Waals surface area contributed by atoms with Gasteiger partial charge in [0.15, 0.2) is 0 Å². The summed E-state index contributed by atoms with van der Waals surface area (Å²) >= 11 is 1.95. The minimum Gasteiger partial charge on any atom is -0.396 e. The molecule has 24 heavy (non-hydrogen) atoms. The number of fused-ring (bicyclic) bond motifs is 1. The molecule has 1 aliphatic heterocycles. The lowest BCUT2D eigenvalue weighted by Gasteiger charge is -2.19. The van der Waals surface area contributed by atoms with E-state index in [9.17, 15) is 5.11 Å². The first-order chi connectivity index (χ1) is 11.9. The summed E-state index contributed by atoms with van der Waals surface area (Å²) in [6, 6.07) is 17.8. The van der Waals surface area contributed by atoms with E-state index in [4.69, 9.17) is 0 Å². The molecule has 1 atom stereocenters. The Bertz CT molecular complexity index is 629. The quantitative estimate of drug-likeness (QED) is 0.664. The Morgan fingerprint density at radius 3 is 2.79 bits per heavy atom. The highest BCUT2D eigenvalue weighted by Gasteiger charge is 2.16. The van der Waals surface area contributed by atoms with Crippen molar-refractivity contribution in [3.05, 3.63) is 65.2 Å². The SMILES string of the molecule is OCCC(NCCCCc1ccccc1)c1ccc2c(c1)CCS2. The number of unbranched alkanes of at least 4 members (excludes halogenated alkanes) is 1. The summed E-state index contributed by atoms with van der Waals surface area (Å²) in [6.07, 6.45) is 5.46. The molecule has 0 bridgehead atoms. The van der Waals surface area contributed by atoms with Crippen LogP contribution < -0.4 is 5.32 Å². The predicted molar refractivity (Wildman–Crippen MR) is 103 cm³/mol. The van der Waals surface area contributed by atoms with Gasteiger partial charge in [-0.05, 0) is 61.4 Å². The van der Waals surface area contributed by atoms with E-state index >= 15 is 0 Å². The third kappa shape index (κ3) is 4.85. The van der Waals surface area contributed by atoms with Crippen LogP contribution in [-0.2, 0) is 12.8 Å². The maximum atomic E-state index is 9.40. The lowest BCUT2D eigenvalue weighted by Crippen LogP contribution is -2.23. The van der Waals surface area contributed by atoms with Crippen molar-refractivity contribution in [1.29, 1.82) is 0 Å². The van der Waals surface area contributed by atoms with E-state index in [1.54, 1.807) is 0 Å². The lowest BCUT2D eigenvalue weighted by atomic mass is 10.00. The number of hydrogen-bond acceptors (Lipinski definition) is 3. The Kier molecular flexibility index (Phi) is 6.76. The van der Waals surface area contributed by atoms with Crippen LogP contribution in [0.4, 0.5) is 0 Å². The summed E-state index contributed by atoms with van der Waals surface area (Å²) in [6.45, 7) is 1.23. The fraction of sp³-hybridized carbons (Fsp3) is 0.429. The molecule has 128 valence electrons. The first-order valence-electron chi connectivity index (χ1n) is 9.00. The molecule has 2 aromatic carbocycles. The zero-order chi connectivity index (χ0) is 16.6. The molecule has 0 radical (unpaired) electrons. The van der Waals surface area contributed by atoms with E-state index in [1.807, 2.05) is 11.8 Å². The number of aliphatic hydroxyl groups is 1. The van der Waals surface area contributed by atoms with Crippen molar-refractivity contribution in [2.75, 3.05) is 18.9 Å². The highest BCUT2D eigenvalue weighted by molar-refractivity contribution is 7.99. The minimum absolute atomic E-state index is 0.230. The Morgan fingerprint density at radius 1 is 1.08 bits per heavy atom. The van der Waals surface area contributed by atoms with Crippen molar-refractivity contribution >= 4 is 11.8 Å². The number of hydrogen-bond donors (Lipinski definition) is 2. The summed E-state index contributed by atoms with van der Waals surface area (Å²) in [5.41, 5.74) is 4.22. The highest BCUT2D eigenvalue weighted by Crippen LogP contribution is 2.33. The number of benzene rings is 2. The van der Waals surface area contributed by atoms with E-state index in [0.29, 0.717) is 0 Å². The molecular formula is C21H27NOS. The average molecular weight is 342 g/mol. The minimum atomic E-state index is 0.230. The van der Waals surface area contributed by atoms with E-state index < -0.39 is 0 Å². The summed E-state index contributed by atoms with van der Waals surface area (Å²) < 4.78 is 0. The van der Waals surface area contributed by atoms with Gasteiger partial charge in [-0.15, -0.1) is 11.8 Å². The van der Waals surface area contributed by atoms with Crippen LogP contribution in [0, 0.1) is 0 Å². The second kappa shape index (κ2) is 9.26. The molecule has 0 aliphatic carbocycles. The molecule has 0 amide bonds. The molecule has 2 nitrogen and oxygen atoms in total. The molecule has 0 saturated heterocycles. The van der Waals surface area contributed by atoms with Crippen molar-refractivity contribution in [2.24, 2.45) is 0 Å². The van der Waals surface area contributed by atoms with Crippen molar-refractivity contribution in [3.8, 4) is 0 Å². The van der Waals surface area contributed by atoms with Gasteiger partial charge in [-0.1, -0.05) is 42.5 Å². The maximum Gasteiger partial charge on any atom is 0.0449 e. The van der Waals surface area contributed by atoms with Crippen LogP contribution in [0.1, 0.15) is 42.0 Å². The van der Waals surface area contributed by atoms with Gasteiger partial charge in [0.2, 0.25) is 0 Å². The third-order valence-corrected chi connectivity index (χ3v) is 5.78. The molecule has 0 saturated carbocycles. The number of aliphatic hydroxyl groups excluding tert-OH is 1. The van der Waals surface area contributed by atoms with Gasteiger partial charge >= 0.3 is 0 Å². The molecule has 0 spiro atoms. The van der Waals surface area contributed by atoms with E-state index in [0.717, 1.165) is 25.8 Å². The van der Waals surface area contributed by atoms with E-state index in [-0.39, 0.29) is 12.6 Å². The third-order valence-electron chi connectivity index (χ3n) is 4.66. The summed E-state index contributed by atoms with van der Waals surface area (Å²) in [5.74, 6) is 1.20. The second-order valence-corrected chi connectivity index (χ2v) is 7.56. The van der Waals surface area contributed by atoms with Crippen LogP contribution in [0.3, 0.4) is 0 Å². The van der Waals surface area contributed by atoms with E-state index in [2.05, 4.69) is 53.8 Å². The Balaban J connectivity index is 1.47. The van der Waals surface area contributed by atoms with Crippen LogP contribution in [0.25, 0.3) is 0 Å². The maximum absolute atomic E-state index is 9.40. The first kappa shape index (κ1) is 17.5. The zero-order valence-electron chi connectivity index (χ0n) is 14.2. The van der Waals surface area contributed by atoms with Crippen LogP contribution in [0.15, 0.2) is 53.4 Å². The summed E-state index contributed by atoms with van der Waals surface area (Å²) in [4.78, 5) is 1.43. The van der Waals surface area contributed by atoms with Gasteiger partial charge in [0.05, 0.1) is 0 Å². The molecule has 1 unspecified atom stereocenters. The molecule has 3 heteroatoms. The summed E-state index contributed by atoms with van der Waals surface area (Å²) in [7, 11) is 0. The van der Waals surface area contributed by atoms with Crippen LogP contribution in [0.5, 0.6) is 0 Å². The normalized spacial score (nSPS) is 14.5. The lowest BCUT2D eigenvalue weighted by molar-refractivity contribution is 0.265. The van der Waals surface area contributed by atoms with Gasteiger partial charge in [-0.25, -0.2) is 0 Å². The van der Waals surface area contributed by atoms with Gasteiger partial charge in [-0.3, -0.25) is 0 Å². The van der Waals surface area contributed by atoms with Gasteiger partial charge in [0, 0.05) is 23.3 Å². The number of thioether (sulfide) groups is 1. The molecule has 0 fully saturated rings. The topological polar surface area (TPSA) is 32.3 Å². The smallest absolute Gasteiger partial charge is 0.0449 e. The average Bonchev–Trinajstić information content (AvgIpc) is 3.09. The Labute approximate surface area is 149 Å². The molecule has 2 aromatic rings. The molecule has 2 N–H and O–H groups in total. The molecule has 1 aliphatic rings. The fourth-order valence-electron chi connectivity index (χ4n) is 3.31. The van der Waals surface area contributed by atoms with Crippen molar-refractivity contribution in [1.82, 2.24) is 5.32 Å². The first-order valence-corrected chi connectivity index (χ1v) is 9.99. The van der Waals surface area contributed by atoms with Crippen molar-refractivity contribution in [3.63, 3.8) is 0 Å². The van der Waals surface area contributed by atoms with Crippen LogP contribution >= 0.6 is 11.8 Å². The highest BCUT2D eigenvalue weighted by atomic mass is 32.2. The van der Waals surface area contributed by atoms with Crippen molar-refractivity contribution < 1.29 is 5.11 Å². The standard InChI is InChI=1S/C21H27NOS/c23-14-11-20(18-9-10-21-19(16-18)12-15-24-21)22-13-5-4-8-17-6-2-1-3-7-17/h1-3,6-7,9-10,16,20,22-23H,4-5,8,11-15H2. The largest absolute Gasteiger partial charge is 0.396 e. The van der Waals surface area contributed by atoms with Gasteiger partial charge in [0.25, 0.3) is 0 Å². The molecular weight excluding hydrogens is 314 g/mol. The van der Waals surface area contributed by atoms with Gasteiger partial charge in [-0.2, -0.15) is 0 Å².